The van der Waals surface area contributed by atoms with Crippen LogP contribution in [-0.4, -0.2) is 9.41 Å². The van der Waals surface area contributed by atoms with Crippen molar-refractivity contribution in [2.45, 2.75) is 19.2 Å². The van der Waals surface area contributed by atoms with Gasteiger partial charge in [-0.3, -0.25) is 0 Å². The van der Waals surface area contributed by atoms with Gasteiger partial charge < -0.3 is 10.6 Å². The van der Waals surface area contributed by atoms with E-state index in [0.717, 1.165) is 0 Å². The zero-order valence-electron chi connectivity index (χ0n) is 10.4. The molecular weight excluding hydrogens is 324 g/mol. The average molecular weight is 337 g/mol. The van der Waals surface area contributed by atoms with Gasteiger partial charge in [0, 0.05) is 21.2 Å². The Morgan fingerprint density at radius 2 is 1.15 bits per heavy atom. The number of para-hydroxylation sites is 2. The fourth-order valence-electron chi connectivity index (χ4n) is 2.11. The minimum Gasteiger partial charge on any atom is -0.363 e. The number of anilines is 2. The lowest BCUT2D eigenvalue weighted by Crippen LogP contribution is -2.07. The molecule has 2 atom stereocenters. The lowest BCUT2D eigenvalue weighted by molar-refractivity contribution is 1.39. The second-order valence-corrected chi connectivity index (χ2v) is 9.75. The van der Waals surface area contributed by atoms with E-state index in [-0.39, 0.29) is 0 Å². The number of hydrogen-bond donors (Lipinski definition) is 2. The van der Waals surface area contributed by atoms with E-state index in [2.05, 4.69) is 59.2 Å². The smallest absolute Gasteiger partial charge is 0.134 e. The van der Waals surface area contributed by atoms with Crippen molar-refractivity contribution in [3.05, 3.63) is 48.5 Å². The first kappa shape index (κ1) is 13.1. The Bertz CT molecular complexity index is 529. The Balaban J connectivity index is 1.33. The maximum absolute atomic E-state index is 3.55. The highest BCUT2D eigenvalue weighted by Gasteiger charge is 2.26. The topological polar surface area (TPSA) is 24.1 Å². The van der Waals surface area contributed by atoms with Gasteiger partial charge in [0.1, 0.15) is 9.41 Å². The van der Waals surface area contributed by atoms with Crippen LogP contribution >= 0.6 is 45.1 Å². The number of hydrogen-bond acceptors (Lipinski definition) is 6. The summed E-state index contributed by atoms with van der Waals surface area (Å²) in [5.74, 6) is 0. The molecule has 0 unspecified atom stereocenters. The number of rotatable bonds is 3. The first-order valence-electron chi connectivity index (χ1n) is 6.25. The lowest BCUT2D eigenvalue weighted by atomic mass is 10.3. The predicted molar refractivity (Wildman–Crippen MR) is 94.6 cm³/mol. The monoisotopic (exact) mass is 336 g/mol. The molecule has 0 aromatic heterocycles. The number of benzene rings is 2. The molecule has 0 saturated carbocycles. The van der Waals surface area contributed by atoms with Crippen molar-refractivity contribution in [2.24, 2.45) is 0 Å². The molecule has 0 aliphatic carbocycles. The van der Waals surface area contributed by atoms with Crippen LogP contribution in [0.2, 0.25) is 0 Å². The molecule has 0 spiro atoms. The van der Waals surface area contributed by atoms with E-state index >= 15 is 0 Å². The molecule has 2 aliphatic heterocycles. The zero-order chi connectivity index (χ0) is 13.4. The van der Waals surface area contributed by atoms with Crippen LogP contribution in [0, 0.1) is 0 Å². The minimum atomic E-state index is 0.392. The molecule has 20 heavy (non-hydrogen) atoms. The van der Waals surface area contributed by atoms with Crippen LogP contribution in [0.1, 0.15) is 0 Å². The van der Waals surface area contributed by atoms with E-state index in [1.807, 2.05) is 45.1 Å². The van der Waals surface area contributed by atoms with E-state index < -0.39 is 0 Å². The van der Waals surface area contributed by atoms with E-state index in [1.165, 1.54) is 21.2 Å². The third kappa shape index (κ3) is 2.62. The molecule has 2 aromatic carbocycles. The molecule has 2 N–H and O–H groups in total. The van der Waals surface area contributed by atoms with Gasteiger partial charge in [0.2, 0.25) is 0 Å². The average Bonchev–Trinajstić information content (AvgIpc) is 3.07. The maximum Gasteiger partial charge on any atom is 0.134 e. The number of fused-ring (bicyclic) bond motifs is 2. The first-order chi connectivity index (χ1) is 9.88. The predicted octanol–water partition coefficient (Wildman–Crippen LogP) is 5.37. The summed E-state index contributed by atoms with van der Waals surface area (Å²) >= 11 is 3.79. The summed E-state index contributed by atoms with van der Waals surface area (Å²) in [4.78, 5) is 2.70. The van der Waals surface area contributed by atoms with Crippen molar-refractivity contribution in [2.75, 3.05) is 10.6 Å². The largest absolute Gasteiger partial charge is 0.363 e. The Morgan fingerprint density at radius 1 is 0.700 bits per heavy atom. The summed E-state index contributed by atoms with van der Waals surface area (Å²) in [5.41, 5.74) is 2.51. The highest BCUT2D eigenvalue weighted by atomic mass is 33.1. The lowest BCUT2D eigenvalue weighted by Gasteiger charge is -2.13. The molecule has 0 radical (unpaired) electrons. The van der Waals surface area contributed by atoms with Crippen LogP contribution in [0.4, 0.5) is 11.4 Å². The molecule has 102 valence electrons. The minimum absolute atomic E-state index is 0.392. The van der Waals surface area contributed by atoms with Crippen LogP contribution in [0.5, 0.6) is 0 Å². The van der Waals surface area contributed by atoms with Gasteiger partial charge >= 0.3 is 0 Å². The van der Waals surface area contributed by atoms with Crippen LogP contribution in [0.15, 0.2) is 58.3 Å². The summed E-state index contributed by atoms with van der Waals surface area (Å²) in [5, 5.41) is 7.10. The van der Waals surface area contributed by atoms with Gasteiger partial charge in [0.15, 0.2) is 0 Å². The molecule has 2 aromatic rings. The first-order valence-corrected chi connectivity index (χ1v) is 10.3. The Hall–Kier alpha value is -0.560. The third-order valence-corrected chi connectivity index (χ3v) is 8.97. The van der Waals surface area contributed by atoms with Crippen LogP contribution in [-0.2, 0) is 0 Å². The molecule has 6 heteroatoms. The van der Waals surface area contributed by atoms with Crippen molar-refractivity contribution in [1.29, 1.82) is 0 Å². The summed E-state index contributed by atoms with van der Waals surface area (Å²) in [6, 6.07) is 17.0. The van der Waals surface area contributed by atoms with Crippen molar-refractivity contribution >= 4 is 56.5 Å². The van der Waals surface area contributed by atoms with E-state index in [9.17, 15) is 0 Å². The highest BCUT2D eigenvalue weighted by molar-refractivity contribution is 8.80. The summed E-state index contributed by atoms with van der Waals surface area (Å²) < 4.78 is 0.784. The Labute approximate surface area is 134 Å². The second-order valence-electron chi connectivity index (χ2n) is 4.37. The van der Waals surface area contributed by atoms with Gasteiger partial charge in [-0.2, -0.15) is 0 Å². The molecule has 4 rings (SSSR count). The molecular formula is C14H12N2S4. The Kier molecular flexibility index (Phi) is 3.72. The number of thioether (sulfide) groups is 2. The van der Waals surface area contributed by atoms with Gasteiger partial charge in [-0.15, -0.1) is 0 Å². The van der Waals surface area contributed by atoms with Crippen LogP contribution < -0.4 is 10.6 Å². The number of nitrogens with one attached hydrogen (secondary N) is 2. The molecule has 0 bridgehead atoms. The van der Waals surface area contributed by atoms with Crippen molar-refractivity contribution < 1.29 is 0 Å². The van der Waals surface area contributed by atoms with E-state index in [4.69, 9.17) is 0 Å². The molecule has 0 amide bonds. The van der Waals surface area contributed by atoms with E-state index in [0.29, 0.717) is 9.41 Å². The van der Waals surface area contributed by atoms with Gasteiger partial charge in [-0.1, -0.05) is 69.4 Å². The Morgan fingerprint density at radius 3 is 1.60 bits per heavy atom. The fraction of sp³-hybridized carbons (Fsp3) is 0.143. The van der Waals surface area contributed by atoms with E-state index in [1.54, 1.807) is 0 Å². The molecule has 2 nitrogen and oxygen atoms in total. The normalized spacial score (nSPS) is 22.8. The SMILES string of the molecule is c1ccc2c(c1)N[C@H](SS[C@@H]1Nc3ccccc3S1)S2. The van der Waals surface area contributed by atoms with Crippen molar-refractivity contribution in [1.82, 2.24) is 0 Å². The summed E-state index contributed by atoms with van der Waals surface area (Å²) in [6.07, 6.45) is 0. The maximum atomic E-state index is 3.55. The standard InChI is InChI=1S/C14H12N2S4/c1-3-7-11-9(5-1)15-13(17-11)19-20-14-16-10-6-2-4-8-12(10)18-14/h1-8,13-16H/t13-,14+. The van der Waals surface area contributed by atoms with Crippen LogP contribution in [0.3, 0.4) is 0 Å². The quantitative estimate of drug-likeness (QED) is 0.731. The van der Waals surface area contributed by atoms with Gasteiger partial charge in [0.05, 0.1) is 0 Å². The molecule has 2 heterocycles. The third-order valence-electron chi connectivity index (χ3n) is 3.02. The summed E-state index contributed by atoms with van der Waals surface area (Å²) in [6.45, 7) is 0. The molecule has 2 aliphatic rings. The van der Waals surface area contributed by atoms with Gasteiger partial charge in [-0.05, 0) is 24.3 Å². The van der Waals surface area contributed by atoms with Crippen molar-refractivity contribution in [3.63, 3.8) is 0 Å². The van der Waals surface area contributed by atoms with Crippen molar-refractivity contribution in [3.8, 4) is 0 Å². The highest BCUT2D eigenvalue weighted by Crippen LogP contribution is 2.51. The van der Waals surface area contributed by atoms with Gasteiger partial charge in [0.25, 0.3) is 0 Å². The molecule has 0 saturated heterocycles. The fourth-order valence-corrected chi connectivity index (χ4v) is 7.67. The zero-order valence-corrected chi connectivity index (χ0v) is 13.7. The summed E-state index contributed by atoms with van der Waals surface area (Å²) in [7, 11) is 3.79. The molecule has 0 fully saturated rings. The van der Waals surface area contributed by atoms with Crippen LogP contribution in [0.25, 0.3) is 0 Å². The second kappa shape index (κ2) is 5.67. The van der Waals surface area contributed by atoms with Gasteiger partial charge in [-0.25, -0.2) is 0 Å².